The molecule has 1 N–H and O–H groups in total. The zero-order valence-corrected chi connectivity index (χ0v) is 14.9. The van der Waals surface area contributed by atoms with E-state index in [1.807, 2.05) is 18.2 Å². The Morgan fingerprint density at radius 2 is 1.64 bits per heavy atom. The van der Waals surface area contributed by atoms with Crippen LogP contribution in [0, 0.1) is 0 Å². The lowest BCUT2D eigenvalue weighted by Gasteiger charge is -2.24. The number of anilines is 1. The number of hydrogen-bond acceptors (Lipinski definition) is 3. The van der Waals surface area contributed by atoms with E-state index in [2.05, 4.69) is 74.8 Å². The second-order valence-electron chi connectivity index (χ2n) is 6.08. The van der Waals surface area contributed by atoms with Gasteiger partial charge >= 0.3 is 0 Å². The first kappa shape index (κ1) is 14.6. The van der Waals surface area contributed by atoms with Crippen molar-refractivity contribution in [1.29, 1.82) is 0 Å². The van der Waals surface area contributed by atoms with Gasteiger partial charge in [-0.1, -0.05) is 48.5 Å². The second-order valence-corrected chi connectivity index (χ2v) is 6.89. The summed E-state index contributed by atoms with van der Waals surface area (Å²) in [5.74, 6) is 0.878. The van der Waals surface area contributed by atoms with E-state index in [1.54, 1.807) is 0 Å². The van der Waals surface area contributed by atoms with Gasteiger partial charge in [-0.15, -0.1) is 0 Å². The predicted octanol–water partition coefficient (Wildman–Crippen LogP) is 5.65. The summed E-state index contributed by atoms with van der Waals surface area (Å²) in [6, 6.07) is 22.9. The molecule has 0 atom stereocenters. The van der Waals surface area contributed by atoms with Crippen molar-refractivity contribution in [3.05, 3.63) is 76.9 Å². The molecule has 4 heteroatoms. The quantitative estimate of drug-likeness (QED) is 0.428. The van der Waals surface area contributed by atoms with E-state index >= 15 is 0 Å². The van der Waals surface area contributed by atoms with Gasteiger partial charge in [-0.2, -0.15) is 0 Å². The smallest absolute Gasteiger partial charge is 0.137 e. The molecule has 0 saturated heterocycles. The highest BCUT2D eigenvalue weighted by Gasteiger charge is 2.23. The van der Waals surface area contributed by atoms with Crippen molar-refractivity contribution in [2.75, 3.05) is 5.32 Å². The molecule has 120 valence electrons. The van der Waals surface area contributed by atoms with Crippen LogP contribution in [0.3, 0.4) is 0 Å². The van der Waals surface area contributed by atoms with Crippen molar-refractivity contribution in [3.8, 4) is 22.4 Å². The lowest BCUT2D eigenvalue weighted by molar-refractivity contribution is 1.06. The molecule has 0 fully saturated rings. The van der Waals surface area contributed by atoms with Crippen LogP contribution in [0.4, 0.5) is 5.82 Å². The maximum Gasteiger partial charge on any atom is 0.137 e. The zero-order valence-electron chi connectivity index (χ0n) is 13.3. The molecule has 0 saturated carbocycles. The van der Waals surface area contributed by atoms with E-state index in [1.165, 1.54) is 22.1 Å². The van der Waals surface area contributed by atoms with Gasteiger partial charge in [0.05, 0.1) is 11.2 Å². The number of aromatic nitrogens is 2. The third kappa shape index (κ3) is 2.33. The van der Waals surface area contributed by atoms with Gasteiger partial charge in [-0.05, 0) is 45.3 Å². The average Bonchev–Trinajstić information content (AvgIpc) is 2.66. The number of nitrogens with one attached hydrogen (secondary N) is 1. The van der Waals surface area contributed by atoms with E-state index in [0.29, 0.717) is 6.54 Å². The molecule has 1 aliphatic rings. The molecule has 2 aromatic heterocycles. The van der Waals surface area contributed by atoms with Gasteiger partial charge in [0.2, 0.25) is 0 Å². The summed E-state index contributed by atoms with van der Waals surface area (Å²) in [6.07, 6.45) is 0. The van der Waals surface area contributed by atoms with Gasteiger partial charge < -0.3 is 5.32 Å². The fourth-order valence-electron chi connectivity index (χ4n) is 3.51. The zero-order chi connectivity index (χ0) is 16.8. The summed E-state index contributed by atoms with van der Waals surface area (Å²) in [5.41, 5.74) is 6.77. The van der Waals surface area contributed by atoms with Crippen LogP contribution in [-0.4, -0.2) is 9.97 Å². The summed E-state index contributed by atoms with van der Waals surface area (Å²) in [4.78, 5) is 9.54. The predicted molar refractivity (Wildman–Crippen MR) is 105 cm³/mol. The number of para-hydroxylation sites is 1. The van der Waals surface area contributed by atoms with E-state index in [0.717, 1.165) is 27.2 Å². The second kappa shape index (κ2) is 5.67. The summed E-state index contributed by atoms with van der Waals surface area (Å²) in [5, 5.41) is 4.64. The van der Waals surface area contributed by atoms with Crippen LogP contribution in [-0.2, 0) is 6.54 Å². The van der Waals surface area contributed by atoms with Crippen molar-refractivity contribution in [1.82, 2.24) is 9.97 Å². The number of halogens is 1. The minimum atomic E-state index is 0.716. The Labute approximate surface area is 153 Å². The number of nitrogens with zero attached hydrogens (tertiary/aromatic N) is 2. The van der Waals surface area contributed by atoms with Gasteiger partial charge in [0.15, 0.2) is 0 Å². The number of benzene rings is 2. The van der Waals surface area contributed by atoms with Crippen LogP contribution in [0.15, 0.2) is 71.3 Å². The average molecular weight is 388 g/mol. The first-order valence-electron chi connectivity index (χ1n) is 8.19. The Balaban J connectivity index is 1.90. The van der Waals surface area contributed by atoms with Gasteiger partial charge in [-0.3, -0.25) is 0 Å². The molecule has 2 aromatic carbocycles. The molecule has 25 heavy (non-hydrogen) atoms. The third-order valence-electron chi connectivity index (χ3n) is 4.60. The monoisotopic (exact) mass is 387 g/mol. The van der Waals surface area contributed by atoms with Crippen molar-refractivity contribution < 1.29 is 0 Å². The van der Waals surface area contributed by atoms with Crippen molar-refractivity contribution >= 4 is 32.7 Å². The lowest BCUT2D eigenvalue weighted by atomic mass is 9.90. The largest absolute Gasteiger partial charge is 0.365 e. The molecule has 4 aromatic rings. The first-order valence-corrected chi connectivity index (χ1v) is 8.98. The molecule has 0 unspecified atom stereocenters. The molecule has 0 amide bonds. The molecule has 3 heterocycles. The fourth-order valence-corrected chi connectivity index (χ4v) is 3.82. The van der Waals surface area contributed by atoms with Crippen molar-refractivity contribution in [2.24, 2.45) is 0 Å². The summed E-state index contributed by atoms with van der Waals surface area (Å²) < 4.78 is 0.825. The summed E-state index contributed by atoms with van der Waals surface area (Å²) >= 11 is 3.45. The normalized spacial score (nSPS) is 12.4. The third-order valence-corrected chi connectivity index (χ3v) is 5.05. The fraction of sp³-hybridized carbons (Fsp3) is 0.0476. The highest BCUT2D eigenvalue weighted by Crippen LogP contribution is 2.41. The van der Waals surface area contributed by atoms with Gasteiger partial charge in [0.1, 0.15) is 10.4 Å². The number of pyridine rings is 2. The number of fused-ring (bicyclic) bond motifs is 4. The van der Waals surface area contributed by atoms with Crippen molar-refractivity contribution in [3.63, 3.8) is 0 Å². The maximum absolute atomic E-state index is 4.98. The van der Waals surface area contributed by atoms with Crippen LogP contribution in [0.25, 0.3) is 33.3 Å². The number of hydrogen-bond donors (Lipinski definition) is 1. The molecule has 3 nitrogen and oxygen atoms in total. The molecule has 0 radical (unpaired) electrons. The summed E-state index contributed by atoms with van der Waals surface area (Å²) in [7, 11) is 0. The molecular formula is C21H14BrN3. The lowest BCUT2D eigenvalue weighted by Crippen LogP contribution is -2.13. The molecule has 0 bridgehead atoms. The van der Waals surface area contributed by atoms with E-state index in [-0.39, 0.29) is 0 Å². The van der Waals surface area contributed by atoms with Crippen LogP contribution < -0.4 is 5.32 Å². The minimum Gasteiger partial charge on any atom is -0.365 e. The topological polar surface area (TPSA) is 37.8 Å². The number of rotatable bonds is 1. The van der Waals surface area contributed by atoms with Crippen LogP contribution in [0.5, 0.6) is 0 Å². The van der Waals surface area contributed by atoms with Gasteiger partial charge in [0, 0.05) is 23.1 Å². The highest BCUT2D eigenvalue weighted by molar-refractivity contribution is 9.10. The molecular weight excluding hydrogens is 374 g/mol. The van der Waals surface area contributed by atoms with E-state index in [9.17, 15) is 0 Å². The first-order chi connectivity index (χ1) is 12.3. The molecule has 5 rings (SSSR count). The van der Waals surface area contributed by atoms with E-state index < -0.39 is 0 Å². The molecule has 0 spiro atoms. The standard InChI is InChI=1S/C21H14BrN3/c22-18-11-10-15-20-16(12-23-21(15)25-18)19(13-6-2-1-3-7-13)14-8-4-5-9-17(14)24-20/h1-11H,12H2,(H,23,25). The Bertz CT molecular complexity index is 1110. The Kier molecular flexibility index (Phi) is 3.31. The van der Waals surface area contributed by atoms with E-state index in [4.69, 9.17) is 4.98 Å². The van der Waals surface area contributed by atoms with Crippen LogP contribution >= 0.6 is 15.9 Å². The molecule has 1 aliphatic heterocycles. The van der Waals surface area contributed by atoms with Crippen LogP contribution in [0.2, 0.25) is 0 Å². The van der Waals surface area contributed by atoms with Gasteiger partial charge in [-0.25, -0.2) is 9.97 Å². The van der Waals surface area contributed by atoms with Crippen LogP contribution in [0.1, 0.15) is 5.56 Å². The van der Waals surface area contributed by atoms with Crippen molar-refractivity contribution in [2.45, 2.75) is 6.54 Å². The Hall–Kier alpha value is -2.72. The Morgan fingerprint density at radius 3 is 2.52 bits per heavy atom. The minimum absolute atomic E-state index is 0.716. The Morgan fingerprint density at radius 1 is 0.840 bits per heavy atom. The highest BCUT2D eigenvalue weighted by atomic mass is 79.9. The summed E-state index contributed by atoms with van der Waals surface area (Å²) in [6.45, 7) is 0.716. The SMILES string of the molecule is Brc1ccc2c(n1)NCc1c-2nc2ccccc2c1-c1ccccc1. The van der Waals surface area contributed by atoms with Gasteiger partial charge in [0.25, 0.3) is 0 Å². The maximum atomic E-state index is 4.98. The molecule has 0 aliphatic carbocycles.